The number of nitrogens with zero attached hydrogens (tertiary/aromatic N) is 3. The van der Waals surface area contributed by atoms with E-state index in [0.29, 0.717) is 23.7 Å². The van der Waals surface area contributed by atoms with Gasteiger partial charge < -0.3 is 9.32 Å². The first-order valence-electron chi connectivity index (χ1n) is 8.85. The fraction of sp³-hybridized carbons (Fsp3) is 0.421. The van der Waals surface area contributed by atoms with Crippen LogP contribution in [0.4, 0.5) is 0 Å². The predicted molar refractivity (Wildman–Crippen MR) is 95.4 cm³/mol. The van der Waals surface area contributed by atoms with Crippen molar-refractivity contribution < 1.29 is 9.21 Å². The summed E-state index contributed by atoms with van der Waals surface area (Å²) < 4.78 is 7.02. The molecule has 2 heterocycles. The topological polar surface area (TPSA) is 68.3 Å². The Balaban J connectivity index is 1.67. The lowest BCUT2D eigenvalue weighted by Gasteiger charge is -2.27. The van der Waals surface area contributed by atoms with Gasteiger partial charge in [-0.25, -0.2) is 4.98 Å². The normalized spacial score (nSPS) is 15.2. The summed E-state index contributed by atoms with van der Waals surface area (Å²) in [5.74, 6) is -0.0336. The summed E-state index contributed by atoms with van der Waals surface area (Å²) >= 11 is 0. The molecule has 1 amide bonds. The van der Waals surface area contributed by atoms with E-state index in [1.165, 1.54) is 23.7 Å². The fourth-order valence-electron chi connectivity index (χ4n) is 3.82. The molecule has 0 aliphatic heterocycles. The van der Waals surface area contributed by atoms with Gasteiger partial charge in [-0.1, -0.05) is 25.0 Å². The molecule has 1 fully saturated rings. The van der Waals surface area contributed by atoms with Crippen molar-refractivity contribution in [3.05, 3.63) is 40.9 Å². The summed E-state index contributed by atoms with van der Waals surface area (Å²) in [4.78, 5) is 31.7. The van der Waals surface area contributed by atoms with E-state index < -0.39 is 0 Å². The van der Waals surface area contributed by atoms with Crippen LogP contribution in [0.5, 0.6) is 0 Å². The number of furan rings is 1. The van der Waals surface area contributed by atoms with E-state index in [-0.39, 0.29) is 23.6 Å². The molecule has 1 aromatic carbocycles. The molecule has 0 spiro atoms. The molecule has 0 N–H and O–H groups in total. The Morgan fingerprint density at radius 1 is 1.32 bits per heavy atom. The van der Waals surface area contributed by atoms with Crippen molar-refractivity contribution in [1.29, 1.82) is 0 Å². The molecule has 130 valence electrons. The monoisotopic (exact) mass is 339 g/mol. The molecule has 2 aromatic heterocycles. The second kappa shape index (κ2) is 6.35. The van der Waals surface area contributed by atoms with Crippen LogP contribution >= 0.6 is 0 Å². The number of rotatable bonds is 4. The Labute approximate surface area is 145 Å². The quantitative estimate of drug-likeness (QED) is 0.733. The molecular formula is C19H21N3O3. The number of benzene rings is 1. The maximum atomic E-state index is 12.7. The number of para-hydroxylation sites is 1. The van der Waals surface area contributed by atoms with Gasteiger partial charge in [0.05, 0.1) is 6.33 Å². The van der Waals surface area contributed by atoms with Gasteiger partial charge in [-0.2, -0.15) is 0 Å². The third-order valence-electron chi connectivity index (χ3n) is 5.08. The summed E-state index contributed by atoms with van der Waals surface area (Å²) in [6.45, 7) is 2.65. The zero-order valence-electron chi connectivity index (χ0n) is 14.3. The maximum absolute atomic E-state index is 12.7. The number of fused-ring (bicyclic) bond motifs is 3. The minimum absolute atomic E-state index is 0.00313. The molecule has 0 unspecified atom stereocenters. The van der Waals surface area contributed by atoms with Crippen LogP contribution in [0.15, 0.2) is 39.8 Å². The Morgan fingerprint density at radius 2 is 2.08 bits per heavy atom. The molecule has 0 bridgehead atoms. The minimum Gasteiger partial charge on any atom is -0.448 e. The van der Waals surface area contributed by atoms with Crippen molar-refractivity contribution in [2.75, 3.05) is 6.54 Å². The predicted octanol–water partition coefficient (Wildman–Crippen LogP) is 2.93. The zero-order chi connectivity index (χ0) is 17.4. The van der Waals surface area contributed by atoms with Crippen molar-refractivity contribution in [1.82, 2.24) is 14.5 Å². The van der Waals surface area contributed by atoms with Crippen molar-refractivity contribution in [2.24, 2.45) is 0 Å². The van der Waals surface area contributed by atoms with Gasteiger partial charge in [-0.05, 0) is 31.9 Å². The number of aromatic nitrogens is 2. The number of likely N-dealkylation sites (N-methyl/N-ethyl adjacent to an activating group) is 1. The van der Waals surface area contributed by atoms with Crippen LogP contribution in [0.25, 0.3) is 22.1 Å². The highest BCUT2D eigenvalue weighted by Crippen LogP contribution is 2.25. The van der Waals surface area contributed by atoms with Crippen molar-refractivity contribution >= 4 is 28.0 Å². The van der Waals surface area contributed by atoms with E-state index in [0.717, 1.165) is 18.2 Å². The van der Waals surface area contributed by atoms with Gasteiger partial charge in [0.1, 0.15) is 17.6 Å². The van der Waals surface area contributed by atoms with E-state index in [4.69, 9.17) is 4.42 Å². The number of hydrogen-bond acceptors (Lipinski definition) is 4. The van der Waals surface area contributed by atoms with Crippen LogP contribution < -0.4 is 5.56 Å². The Kier molecular flexibility index (Phi) is 4.03. The van der Waals surface area contributed by atoms with Crippen LogP contribution in [-0.4, -0.2) is 32.9 Å². The average Bonchev–Trinajstić information content (AvgIpc) is 3.26. The van der Waals surface area contributed by atoms with Crippen LogP contribution in [0, 0.1) is 0 Å². The summed E-state index contributed by atoms with van der Waals surface area (Å²) in [7, 11) is 0. The third kappa shape index (κ3) is 2.71. The molecule has 1 aliphatic rings. The van der Waals surface area contributed by atoms with E-state index in [9.17, 15) is 9.59 Å². The molecule has 4 rings (SSSR count). The van der Waals surface area contributed by atoms with E-state index in [1.54, 1.807) is 0 Å². The van der Waals surface area contributed by atoms with E-state index in [2.05, 4.69) is 4.98 Å². The Hall–Kier alpha value is -2.63. The smallest absolute Gasteiger partial charge is 0.297 e. The molecule has 25 heavy (non-hydrogen) atoms. The number of carbonyl (C=O) groups excluding carboxylic acids is 1. The van der Waals surface area contributed by atoms with Crippen molar-refractivity contribution in [3.63, 3.8) is 0 Å². The zero-order valence-corrected chi connectivity index (χ0v) is 14.3. The van der Waals surface area contributed by atoms with Gasteiger partial charge in [-0.15, -0.1) is 0 Å². The molecule has 6 nitrogen and oxygen atoms in total. The van der Waals surface area contributed by atoms with Crippen LogP contribution in [0.2, 0.25) is 0 Å². The van der Waals surface area contributed by atoms with Gasteiger partial charge in [0, 0.05) is 18.0 Å². The highest BCUT2D eigenvalue weighted by molar-refractivity contribution is 6.01. The fourth-order valence-corrected chi connectivity index (χ4v) is 3.82. The Morgan fingerprint density at radius 3 is 2.84 bits per heavy atom. The lowest BCUT2D eigenvalue weighted by atomic mass is 10.2. The highest BCUT2D eigenvalue weighted by atomic mass is 16.3. The molecule has 0 radical (unpaired) electrons. The number of carbonyl (C=O) groups is 1. The molecule has 1 aliphatic carbocycles. The first-order chi connectivity index (χ1) is 12.2. The van der Waals surface area contributed by atoms with Crippen molar-refractivity contribution in [2.45, 2.75) is 45.2 Å². The summed E-state index contributed by atoms with van der Waals surface area (Å²) in [5, 5.41) is 0.814. The van der Waals surface area contributed by atoms with Crippen LogP contribution in [0.1, 0.15) is 32.6 Å². The summed E-state index contributed by atoms with van der Waals surface area (Å²) in [5.41, 5.74) is 1.08. The van der Waals surface area contributed by atoms with Crippen LogP contribution in [-0.2, 0) is 11.3 Å². The van der Waals surface area contributed by atoms with Crippen LogP contribution in [0.3, 0.4) is 0 Å². The molecular weight excluding hydrogens is 318 g/mol. The minimum atomic E-state index is -0.308. The molecule has 6 heteroatoms. The van der Waals surface area contributed by atoms with Crippen molar-refractivity contribution in [3.8, 4) is 0 Å². The van der Waals surface area contributed by atoms with E-state index in [1.807, 2.05) is 36.1 Å². The summed E-state index contributed by atoms with van der Waals surface area (Å²) in [6, 6.07) is 7.73. The first-order valence-corrected chi connectivity index (χ1v) is 8.85. The second-order valence-electron chi connectivity index (χ2n) is 6.57. The molecule has 1 saturated carbocycles. The molecule has 3 aromatic rings. The molecule has 0 saturated heterocycles. The molecule has 0 atom stereocenters. The van der Waals surface area contributed by atoms with E-state index >= 15 is 0 Å². The largest absolute Gasteiger partial charge is 0.448 e. The standard InChI is InChI=1S/C19H21N3O3/c1-2-22(13-7-3-4-8-13)16(23)11-21-12-20-17-14-9-5-6-10-15(14)25-18(17)19(21)24/h5-6,9-10,12-13H,2-4,7-8,11H2,1H3. The second-order valence-corrected chi connectivity index (χ2v) is 6.57. The van der Waals surface area contributed by atoms with Gasteiger partial charge in [0.2, 0.25) is 11.5 Å². The third-order valence-corrected chi connectivity index (χ3v) is 5.08. The number of amides is 1. The van der Waals surface area contributed by atoms with Gasteiger partial charge in [0.25, 0.3) is 5.56 Å². The highest BCUT2D eigenvalue weighted by Gasteiger charge is 2.26. The lowest BCUT2D eigenvalue weighted by molar-refractivity contribution is -0.133. The SMILES string of the molecule is CCN(C(=O)Cn1cnc2c(oc3ccccc32)c1=O)C1CCCC1. The number of hydrogen-bond donors (Lipinski definition) is 0. The van der Waals surface area contributed by atoms with Gasteiger partial charge in [-0.3, -0.25) is 14.2 Å². The lowest BCUT2D eigenvalue weighted by Crippen LogP contribution is -2.42. The maximum Gasteiger partial charge on any atom is 0.297 e. The Bertz CT molecular complexity index is 982. The van der Waals surface area contributed by atoms with Gasteiger partial charge >= 0.3 is 0 Å². The average molecular weight is 339 g/mol. The first kappa shape index (κ1) is 15.9. The summed E-state index contributed by atoms with van der Waals surface area (Å²) in [6.07, 6.45) is 5.89. The van der Waals surface area contributed by atoms with Gasteiger partial charge in [0.15, 0.2) is 0 Å².